The number of rotatable bonds is 14. The van der Waals surface area contributed by atoms with Gasteiger partial charge in [-0.25, -0.2) is 8.91 Å². The van der Waals surface area contributed by atoms with Crippen LogP contribution in [0.3, 0.4) is 0 Å². The lowest BCUT2D eigenvalue weighted by molar-refractivity contribution is -0.117. The maximum atomic E-state index is 13.1. The summed E-state index contributed by atoms with van der Waals surface area (Å²) in [5.74, 6) is 0.565. The molecular weight excluding hydrogens is 573 g/mol. The molecule has 2 heterocycles. The molecule has 0 bridgehead atoms. The van der Waals surface area contributed by atoms with Crippen LogP contribution in [0, 0.1) is 5.82 Å². The molecule has 1 amide bonds. The average molecular weight is 610 g/mol. The fourth-order valence-corrected chi connectivity index (χ4v) is 4.97. The summed E-state index contributed by atoms with van der Waals surface area (Å²) in [6.07, 6.45) is 2.46. The van der Waals surface area contributed by atoms with Gasteiger partial charge in [0.2, 0.25) is 5.95 Å². The Morgan fingerprint density at radius 1 is 0.867 bits per heavy atom. The second kappa shape index (κ2) is 14.6. The maximum Gasteiger partial charge on any atom is 0.253 e. The molecule has 2 aromatic heterocycles. The predicted octanol–water partition coefficient (Wildman–Crippen LogP) is 6.14. The number of ketones is 1. The number of carbonyl (C=O) groups excluding carboxylic acids is 2. The number of pyridine rings is 1. The van der Waals surface area contributed by atoms with Crippen LogP contribution in [0.15, 0.2) is 85.1 Å². The molecule has 9 nitrogen and oxygen atoms in total. The first-order valence-corrected chi connectivity index (χ1v) is 14.9. The molecule has 0 spiro atoms. The van der Waals surface area contributed by atoms with Crippen LogP contribution in [0.1, 0.15) is 35.3 Å². The Morgan fingerprint density at radius 3 is 2.20 bits per heavy atom. The van der Waals surface area contributed by atoms with Gasteiger partial charge >= 0.3 is 0 Å². The van der Waals surface area contributed by atoms with Gasteiger partial charge in [0.15, 0.2) is 5.65 Å². The zero-order valence-electron chi connectivity index (χ0n) is 25.6. The number of aromatic nitrogens is 3. The molecule has 0 saturated heterocycles. The third kappa shape index (κ3) is 7.90. The standard InChI is InChI=1S/C35H36FN5O4/c1-4-40(5-2)34(43)27-12-16-31(32(22-27)45-19-18-44-3)37-35-38-33-17-13-28(23-41(33)39-35)26-10-6-24(7-11-26)20-30(42)21-25-8-14-29(36)15-9-25/h6-17,22-23H,4-5,18-21H2,1-3H3,(H,37,39). The van der Waals surface area contributed by atoms with Crippen molar-refractivity contribution < 1.29 is 23.5 Å². The summed E-state index contributed by atoms with van der Waals surface area (Å²) in [6.45, 7) is 5.85. The minimum atomic E-state index is -0.314. The minimum absolute atomic E-state index is 0.0637. The van der Waals surface area contributed by atoms with Gasteiger partial charge in [0.25, 0.3) is 5.91 Å². The Balaban J connectivity index is 1.29. The molecule has 0 radical (unpaired) electrons. The summed E-state index contributed by atoms with van der Waals surface area (Å²) in [6, 6.07) is 23.0. The van der Waals surface area contributed by atoms with E-state index in [1.807, 2.05) is 56.4 Å². The Morgan fingerprint density at radius 2 is 1.53 bits per heavy atom. The molecule has 3 aromatic carbocycles. The van der Waals surface area contributed by atoms with E-state index in [-0.39, 0.29) is 23.9 Å². The SMILES string of the molecule is CCN(CC)C(=O)c1ccc(Nc2nc3ccc(-c4ccc(CC(=O)Cc5ccc(F)cc5)cc4)cn3n2)c(OCCOC)c1. The Kier molecular flexibility index (Phi) is 10.2. The van der Waals surface area contributed by atoms with E-state index < -0.39 is 0 Å². The van der Waals surface area contributed by atoms with Crippen LogP contribution in [-0.2, 0) is 22.4 Å². The number of fused-ring (bicyclic) bond motifs is 1. The molecule has 10 heteroatoms. The smallest absolute Gasteiger partial charge is 0.253 e. The highest BCUT2D eigenvalue weighted by Gasteiger charge is 2.17. The number of hydrogen-bond acceptors (Lipinski definition) is 7. The average Bonchev–Trinajstić information content (AvgIpc) is 3.45. The molecule has 0 fully saturated rings. The zero-order valence-corrected chi connectivity index (χ0v) is 25.6. The molecule has 45 heavy (non-hydrogen) atoms. The lowest BCUT2D eigenvalue weighted by atomic mass is 10.0. The van der Waals surface area contributed by atoms with Crippen molar-refractivity contribution in [2.75, 3.05) is 38.7 Å². The summed E-state index contributed by atoms with van der Waals surface area (Å²) in [4.78, 5) is 31.8. The highest BCUT2D eigenvalue weighted by Crippen LogP contribution is 2.29. The normalized spacial score (nSPS) is 11.0. The van der Waals surface area contributed by atoms with Gasteiger partial charge in [-0.15, -0.1) is 5.10 Å². The highest BCUT2D eigenvalue weighted by atomic mass is 19.1. The fourth-order valence-electron chi connectivity index (χ4n) is 4.97. The number of Topliss-reactive ketones (excluding diaryl/α,β-unsaturated/α-hetero) is 1. The summed E-state index contributed by atoms with van der Waals surface area (Å²) >= 11 is 0. The molecule has 0 unspecified atom stereocenters. The van der Waals surface area contributed by atoms with Gasteiger partial charge in [0.05, 0.1) is 12.3 Å². The van der Waals surface area contributed by atoms with Crippen LogP contribution in [0.4, 0.5) is 16.0 Å². The van der Waals surface area contributed by atoms with Crippen molar-refractivity contribution in [3.63, 3.8) is 0 Å². The second-order valence-corrected chi connectivity index (χ2v) is 10.5. The van der Waals surface area contributed by atoms with Crippen molar-refractivity contribution in [3.05, 3.63) is 108 Å². The van der Waals surface area contributed by atoms with Crippen molar-refractivity contribution in [2.24, 2.45) is 0 Å². The molecule has 0 aliphatic heterocycles. The third-order valence-electron chi connectivity index (χ3n) is 7.40. The number of amides is 1. The van der Waals surface area contributed by atoms with Crippen LogP contribution in [0.25, 0.3) is 16.8 Å². The molecule has 0 atom stereocenters. The zero-order chi connectivity index (χ0) is 31.8. The number of ether oxygens (including phenoxy) is 2. The molecule has 5 aromatic rings. The van der Waals surface area contributed by atoms with E-state index in [9.17, 15) is 14.0 Å². The highest BCUT2D eigenvalue weighted by molar-refractivity contribution is 5.95. The van der Waals surface area contributed by atoms with E-state index in [2.05, 4.69) is 15.4 Å². The molecule has 0 aliphatic carbocycles. The Hall–Kier alpha value is -5.09. The van der Waals surface area contributed by atoms with Crippen LogP contribution >= 0.6 is 0 Å². The quantitative estimate of drug-likeness (QED) is 0.151. The number of carbonyl (C=O) groups is 2. The summed E-state index contributed by atoms with van der Waals surface area (Å²) in [5.41, 5.74) is 5.43. The first kappa shape index (κ1) is 31.3. The van der Waals surface area contributed by atoms with E-state index in [1.165, 1.54) is 12.1 Å². The molecule has 0 aliphatic rings. The monoisotopic (exact) mass is 609 g/mol. The Labute approximate surface area is 261 Å². The second-order valence-electron chi connectivity index (χ2n) is 10.5. The summed E-state index contributed by atoms with van der Waals surface area (Å²) in [7, 11) is 1.60. The minimum Gasteiger partial charge on any atom is -0.489 e. The first-order valence-electron chi connectivity index (χ1n) is 14.9. The van der Waals surface area contributed by atoms with Crippen molar-refractivity contribution >= 4 is 29.0 Å². The number of halogens is 1. The maximum absolute atomic E-state index is 13.1. The van der Waals surface area contributed by atoms with Crippen molar-refractivity contribution in [3.8, 4) is 16.9 Å². The predicted molar refractivity (Wildman–Crippen MR) is 172 cm³/mol. The Bertz CT molecular complexity index is 1770. The topological polar surface area (TPSA) is 98.1 Å². The molecule has 1 N–H and O–H groups in total. The fraction of sp³-hybridized carbons (Fsp3) is 0.257. The van der Waals surface area contributed by atoms with Gasteiger partial charge in [-0.2, -0.15) is 4.98 Å². The van der Waals surface area contributed by atoms with Gasteiger partial charge in [0.1, 0.15) is 24.0 Å². The molecule has 232 valence electrons. The summed E-state index contributed by atoms with van der Waals surface area (Å²) < 4.78 is 25.9. The largest absolute Gasteiger partial charge is 0.489 e. The van der Waals surface area contributed by atoms with Gasteiger partial charge in [0, 0.05) is 50.4 Å². The van der Waals surface area contributed by atoms with E-state index in [0.29, 0.717) is 61.3 Å². The van der Waals surface area contributed by atoms with Crippen molar-refractivity contribution in [1.29, 1.82) is 0 Å². The summed E-state index contributed by atoms with van der Waals surface area (Å²) in [5, 5.41) is 7.85. The van der Waals surface area contributed by atoms with Crippen LogP contribution in [0.5, 0.6) is 5.75 Å². The number of anilines is 2. The number of nitrogens with zero attached hydrogens (tertiary/aromatic N) is 4. The van der Waals surface area contributed by atoms with Crippen LogP contribution < -0.4 is 10.1 Å². The lowest BCUT2D eigenvalue weighted by Crippen LogP contribution is -2.30. The van der Waals surface area contributed by atoms with Crippen molar-refractivity contribution in [1.82, 2.24) is 19.5 Å². The van der Waals surface area contributed by atoms with Gasteiger partial charge in [-0.05, 0) is 73.0 Å². The van der Waals surface area contributed by atoms with E-state index in [0.717, 1.165) is 22.3 Å². The number of hydrogen-bond donors (Lipinski definition) is 1. The number of nitrogens with one attached hydrogen (secondary N) is 1. The number of benzene rings is 3. The molecular formula is C35H36FN5O4. The van der Waals surface area contributed by atoms with Crippen LogP contribution in [-0.4, -0.2) is 64.6 Å². The van der Waals surface area contributed by atoms with Crippen molar-refractivity contribution in [2.45, 2.75) is 26.7 Å². The van der Waals surface area contributed by atoms with Gasteiger partial charge < -0.3 is 19.7 Å². The van der Waals surface area contributed by atoms with Gasteiger partial charge in [-0.3, -0.25) is 9.59 Å². The third-order valence-corrected chi connectivity index (χ3v) is 7.40. The molecule has 5 rings (SSSR count). The lowest BCUT2D eigenvalue weighted by Gasteiger charge is -2.20. The molecule has 0 saturated carbocycles. The van der Waals surface area contributed by atoms with E-state index >= 15 is 0 Å². The van der Waals surface area contributed by atoms with E-state index in [4.69, 9.17) is 9.47 Å². The van der Waals surface area contributed by atoms with E-state index in [1.54, 1.807) is 46.9 Å². The van der Waals surface area contributed by atoms with Crippen LogP contribution in [0.2, 0.25) is 0 Å². The van der Waals surface area contributed by atoms with Gasteiger partial charge in [-0.1, -0.05) is 36.4 Å². The first-order chi connectivity index (χ1) is 21.9. The number of methoxy groups -OCH3 is 1.